The molecule has 7 aromatic rings. The molecule has 0 radical (unpaired) electrons. The van der Waals surface area contributed by atoms with Gasteiger partial charge in [-0.1, -0.05) is 97.1 Å². The van der Waals surface area contributed by atoms with Crippen molar-refractivity contribution in [2.24, 2.45) is 0 Å². The van der Waals surface area contributed by atoms with Crippen LogP contribution in [0.25, 0.3) is 59.9 Å². The first-order valence-corrected chi connectivity index (χ1v) is 12.0. The topological polar surface area (TPSA) is 43.6 Å². The summed E-state index contributed by atoms with van der Waals surface area (Å²) in [6.07, 6.45) is 0. The second-order valence-corrected chi connectivity index (χ2v) is 9.18. The second kappa shape index (κ2) is 7.61. The maximum Gasteiger partial charge on any atom is 0.239 e. The molecule has 0 unspecified atom stereocenters. The normalized spacial score (nSPS) is 11.5. The van der Waals surface area contributed by atoms with Crippen molar-refractivity contribution in [2.45, 2.75) is 0 Å². The number of fused-ring (bicyclic) bond motifs is 5. The molecule has 4 nitrogen and oxygen atoms in total. The Kier molecular flexibility index (Phi) is 4.29. The van der Waals surface area contributed by atoms with E-state index in [1.807, 2.05) is 60.7 Å². The van der Waals surface area contributed by atoms with Crippen LogP contribution < -0.4 is 0 Å². The summed E-state index contributed by atoms with van der Waals surface area (Å²) in [4.78, 5) is 16.0. The van der Waals surface area contributed by atoms with Crippen LogP contribution in [0.5, 0.6) is 0 Å². The Morgan fingerprint density at radius 3 is 1.76 bits per heavy atom. The molecule has 5 heteroatoms. The predicted molar refractivity (Wildman–Crippen MR) is 140 cm³/mol. The van der Waals surface area contributed by atoms with Gasteiger partial charge in [-0.05, 0) is 12.1 Å². The number of benzene rings is 4. The van der Waals surface area contributed by atoms with E-state index in [4.69, 9.17) is 15.0 Å². The van der Waals surface area contributed by atoms with Crippen LogP contribution in [-0.4, -0.2) is 19.5 Å². The molecule has 4 aromatic carbocycles. The van der Waals surface area contributed by atoms with Crippen LogP contribution in [0, 0.1) is 0 Å². The minimum atomic E-state index is 0.630. The van der Waals surface area contributed by atoms with Crippen LogP contribution in [0.4, 0.5) is 0 Å². The summed E-state index contributed by atoms with van der Waals surface area (Å²) in [6.45, 7) is 0. The van der Waals surface area contributed by atoms with E-state index in [2.05, 4.69) is 53.1 Å². The Morgan fingerprint density at radius 1 is 0.529 bits per heavy atom. The van der Waals surface area contributed by atoms with Crippen molar-refractivity contribution >= 4 is 42.5 Å². The molecule has 0 amide bonds. The van der Waals surface area contributed by atoms with E-state index in [0.717, 1.165) is 21.5 Å². The zero-order chi connectivity index (χ0) is 22.5. The van der Waals surface area contributed by atoms with Gasteiger partial charge >= 0.3 is 0 Å². The molecule has 3 aromatic heterocycles. The minimum absolute atomic E-state index is 0.630. The van der Waals surface area contributed by atoms with Crippen molar-refractivity contribution in [3.63, 3.8) is 0 Å². The smallest absolute Gasteiger partial charge is 0.239 e. The zero-order valence-electron chi connectivity index (χ0n) is 18.1. The molecule has 34 heavy (non-hydrogen) atoms. The predicted octanol–water partition coefficient (Wildman–Crippen LogP) is 7.52. The summed E-state index contributed by atoms with van der Waals surface area (Å²) in [5.74, 6) is 1.96. The van der Waals surface area contributed by atoms with Crippen molar-refractivity contribution in [1.82, 2.24) is 19.5 Å². The first-order chi connectivity index (χ1) is 16.9. The molecule has 0 saturated heterocycles. The van der Waals surface area contributed by atoms with Gasteiger partial charge < -0.3 is 0 Å². The fourth-order valence-electron chi connectivity index (χ4n) is 4.54. The van der Waals surface area contributed by atoms with E-state index < -0.39 is 0 Å². The Morgan fingerprint density at radius 2 is 1.09 bits per heavy atom. The van der Waals surface area contributed by atoms with Gasteiger partial charge in [-0.25, -0.2) is 4.98 Å². The number of hydrogen-bond acceptors (Lipinski definition) is 4. The van der Waals surface area contributed by atoms with Gasteiger partial charge in [0.05, 0.1) is 5.52 Å². The highest BCUT2D eigenvalue weighted by Crippen LogP contribution is 2.41. The minimum Gasteiger partial charge on any atom is -0.269 e. The summed E-state index contributed by atoms with van der Waals surface area (Å²) in [7, 11) is 0. The van der Waals surface area contributed by atoms with Gasteiger partial charge in [-0.2, -0.15) is 9.97 Å². The largest absolute Gasteiger partial charge is 0.269 e. The Labute approximate surface area is 199 Å². The molecule has 0 saturated carbocycles. The summed E-state index contributed by atoms with van der Waals surface area (Å²) >= 11 is 1.77. The van der Waals surface area contributed by atoms with Gasteiger partial charge in [0.2, 0.25) is 5.95 Å². The lowest BCUT2D eigenvalue weighted by molar-refractivity contribution is 0.957. The molecule has 0 N–H and O–H groups in total. The van der Waals surface area contributed by atoms with Crippen molar-refractivity contribution < 1.29 is 0 Å². The third-order valence-corrected chi connectivity index (χ3v) is 7.24. The number of rotatable bonds is 3. The maximum absolute atomic E-state index is 4.99. The number of hydrogen-bond donors (Lipinski definition) is 0. The Balaban J connectivity index is 1.59. The third-order valence-electron chi connectivity index (χ3n) is 6.08. The summed E-state index contributed by atoms with van der Waals surface area (Å²) in [5, 5.41) is 3.72. The van der Waals surface area contributed by atoms with Crippen LogP contribution >= 0.6 is 11.3 Å². The molecular formula is C29H18N4S. The van der Waals surface area contributed by atoms with E-state index >= 15 is 0 Å². The first kappa shape index (κ1) is 19.1. The molecule has 7 rings (SSSR count). The zero-order valence-corrected chi connectivity index (χ0v) is 18.9. The summed E-state index contributed by atoms with van der Waals surface area (Å²) in [5.41, 5.74) is 3.03. The molecule has 160 valence electrons. The van der Waals surface area contributed by atoms with Gasteiger partial charge in [0.15, 0.2) is 11.6 Å². The monoisotopic (exact) mass is 454 g/mol. The Bertz CT molecular complexity index is 1740. The molecule has 3 heterocycles. The molecule has 0 aliphatic carbocycles. The molecule has 0 bridgehead atoms. The van der Waals surface area contributed by atoms with Crippen molar-refractivity contribution in [2.75, 3.05) is 0 Å². The standard InChI is InChI=1S/C29H18N4S/c1-3-11-19(12-4-1)26-30-27(20-13-5-2-6-14-20)32-29(31-26)33-23-17-9-7-15-21(23)25-22-16-8-10-18-24(22)34-28(25)33/h1-18H. The lowest BCUT2D eigenvalue weighted by Gasteiger charge is -2.10. The molecule has 0 fully saturated rings. The van der Waals surface area contributed by atoms with E-state index in [0.29, 0.717) is 17.6 Å². The number of aromatic nitrogens is 4. The Hall–Kier alpha value is -4.35. The van der Waals surface area contributed by atoms with Crippen LogP contribution in [0.2, 0.25) is 0 Å². The number of thiophene rings is 1. The van der Waals surface area contributed by atoms with Crippen molar-refractivity contribution in [3.05, 3.63) is 109 Å². The fourth-order valence-corrected chi connectivity index (χ4v) is 5.76. The number of para-hydroxylation sites is 1. The molecule has 0 aliphatic heterocycles. The fraction of sp³-hybridized carbons (Fsp3) is 0. The highest BCUT2D eigenvalue weighted by atomic mass is 32.1. The van der Waals surface area contributed by atoms with Gasteiger partial charge in [0.1, 0.15) is 4.83 Å². The van der Waals surface area contributed by atoms with E-state index in [9.17, 15) is 0 Å². The van der Waals surface area contributed by atoms with Crippen LogP contribution in [0.3, 0.4) is 0 Å². The third kappa shape index (κ3) is 2.95. The molecular weight excluding hydrogens is 436 g/mol. The number of nitrogens with zero attached hydrogens (tertiary/aromatic N) is 4. The van der Waals surface area contributed by atoms with Crippen LogP contribution in [0.15, 0.2) is 109 Å². The van der Waals surface area contributed by atoms with Crippen molar-refractivity contribution in [1.29, 1.82) is 0 Å². The van der Waals surface area contributed by atoms with E-state index in [1.165, 1.54) is 20.9 Å². The lowest BCUT2D eigenvalue weighted by atomic mass is 10.1. The SMILES string of the molecule is c1ccc(-c2nc(-c3ccccc3)nc(-n3c4ccccc4c4c5ccccc5sc43)n2)cc1. The highest BCUT2D eigenvalue weighted by molar-refractivity contribution is 7.25. The van der Waals surface area contributed by atoms with E-state index in [-0.39, 0.29) is 0 Å². The van der Waals surface area contributed by atoms with Gasteiger partial charge in [0, 0.05) is 32.0 Å². The second-order valence-electron chi connectivity index (χ2n) is 8.15. The molecule has 0 aliphatic rings. The maximum atomic E-state index is 4.99. The average molecular weight is 455 g/mol. The average Bonchev–Trinajstić information content (AvgIpc) is 3.44. The van der Waals surface area contributed by atoms with Gasteiger partial charge in [-0.3, -0.25) is 4.57 Å². The molecule has 0 spiro atoms. The summed E-state index contributed by atoms with van der Waals surface area (Å²) in [6, 6.07) is 37.3. The van der Waals surface area contributed by atoms with Crippen LogP contribution in [-0.2, 0) is 0 Å². The molecule has 0 atom stereocenters. The highest BCUT2D eigenvalue weighted by Gasteiger charge is 2.20. The van der Waals surface area contributed by atoms with Gasteiger partial charge in [-0.15, -0.1) is 11.3 Å². The quantitative estimate of drug-likeness (QED) is 0.277. The first-order valence-electron chi connectivity index (χ1n) is 11.1. The lowest BCUT2D eigenvalue weighted by Crippen LogP contribution is -2.05. The van der Waals surface area contributed by atoms with Crippen molar-refractivity contribution in [3.8, 4) is 28.7 Å². The van der Waals surface area contributed by atoms with Gasteiger partial charge in [0.25, 0.3) is 0 Å². The van der Waals surface area contributed by atoms with E-state index in [1.54, 1.807) is 11.3 Å². The summed E-state index contributed by atoms with van der Waals surface area (Å²) < 4.78 is 3.45. The van der Waals surface area contributed by atoms with Crippen LogP contribution in [0.1, 0.15) is 0 Å².